The van der Waals surface area contributed by atoms with Crippen molar-refractivity contribution in [3.63, 3.8) is 0 Å². The summed E-state index contributed by atoms with van der Waals surface area (Å²) in [7, 11) is 3.14. The molecule has 2 heterocycles. The number of amides is 4. The lowest BCUT2D eigenvalue weighted by Crippen LogP contribution is -2.49. The molecule has 28 heavy (non-hydrogen) atoms. The summed E-state index contributed by atoms with van der Waals surface area (Å²) in [6.07, 6.45) is 2.33. The van der Waals surface area contributed by atoms with Gasteiger partial charge in [-0.1, -0.05) is 36.4 Å². The van der Waals surface area contributed by atoms with Crippen molar-refractivity contribution >= 4 is 17.8 Å². The fraction of sp³-hybridized carbons (Fsp3) is 0.333. The van der Waals surface area contributed by atoms with Crippen LogP contribution >= 0.6 is 0 Å². The molecule has 1 aliphatic rings. The maximum atomic E-state index is 12.8. The first-order valence-electron chi connectivity index (χ1n) is 9.15. The monoisotopic (exact) mass is 380 g/mol. The summed E-state index contributed by atoms with van der Waals surface area (Å²) >= 11 is 0. The van der Waals surface area contributed by atoms with E-state index in [1.54, 1.807) is 37.2 Å². The van der Waals surface area contributed by atoms with Crippen LogP contribution in [0.4, 0.5) is 4.79 Å². The highest BCUT2D eigenvalue weighted by atomic mass is 16.2. The van der Waals surface area contributed by atoms with E-state index in [0.29, 0.717) is 18.5 Å². The van der Waals surface area contributed by atoms with Crippen molar-refractivity contribution in [2.45, 2.75) is 18.9 Å². The van der Waals surface area contributed by atoms with Crippen molar-refractivity contribution in [1.29, 1.82) is 0 Å². The van der Waals surface area contributed by atoms with Crippen LogP contribution in [0.3, 0.4) is 0 Å². The van der Waals surface area contributed by atoms with Crippen molar-refractivity contribution in [2.24, 2.45) is 0 Å². The molecule has 0 bridgehead atoms. The van der Waals surface area contributed by atoms with E-state index in [0.717, 1.165) is 10.6 Å². The number of hydrogen-bond donors (Lipinski definition) is 0. The predicted molar refractivity (Wildman–Crippen MR) is 104 cm³/mol. The molecule has 2 aromatic rings. The van der Waals surface area contributed by atoms with Gasteiger partial charge in [0.05, 0.1) is 0 Å². The van der Waals surface area contributed by atoms with Gasteiger partial charge in [-0.3, -0.25) is 24.4 Å². The number of rotatable bonds is 6. The van der Waals surface area contributed by atoms with Gasteiger partial charge in [0.15, 0.2) is 0 Å². The van der Waals surface area contributed by atoms with E-state index in [-0.39, 0.29) is 18.4 Å². The van der Waals surface area contributed by atoms with E-state index >= 15 is 0 Å². The molecule has 1 aromatic heterocycles. The standard InChI is InChI=1S/C21H24N4O3/c1-21(16-9-5-4-6-10-16)19(27)24(3)20(28)25(21)15-18(26)23(2)14-12-17-11-7-8-13-22-17/h4-11,13H,12,14-15H2,1-3H3/t21-/m1/s1. The third-order valence-corrected chi connectivity index (χ3v) is 5.26. The first-order valence-corrected chi connectivity index (χ1v) is 9.15. The van der Waals surface area contributed by atoms with E-state index in [1.807, 2.05) is 36.4 Å². The molecule has 0 radical (unpaired) electrons. The minimum Gasteiger partial charge on any atom is -0.344 e. The van der Waals surface area contributed by atoms with Crippen LogP contribution in [-0.2, 0) is 21.5 Å². The summed E-state index contributed by atoms with van der Waals surface area (Å²) in [5, 5.41) is 0. The van der Waals surface area contributed by atoms with E-state index < -0.39 is 11.6 Å². The van der Waals surface area contributed by atoms with Crippen LogP contribution in [-0.4, -0.2) is 64.7 Å². The van der Waals surface area contributed by atoms with Crippen LogP contribution in [0, 0.1) is 0 Å². The molecule has 1 atom stereocenters. The number of pyridine rings is 1. The van der Waals surface area contributed by atoms with Gasteiger partial charge >= 0.3 is 6.03 Å². The molecule has 1 aliphatic heterocycles. The van der Waals surface area contributed by atoms with E-state index in [1.165, 1.54) is 11.9 Å². The Morgan fingerprint density at radius 2 is 1.79 bits per heavy atom. The van der Waals surface area contributed by atoms with Crippen LogP contribution < -0.4 is 0 Å². The summed E-state index contributed by atoms with van der Waals surface area (Å²) in [4.78, 5) is 46.6. The largest absolute Gasteiger partial charge is 0.344 e. The zero-order valence-corrected chi connectivity index (χ0v) is 16.3. The van der Waals surface area contributed by atoms with Crippen molar-refractivity contribution in [2.75, 3.05) is 27.2 Å². The smallest absolute Gasteiger partial charge is 0.328 e. The van der Waals surface area contributed by atoms with Gasteiger partial charge in [-0.15, -0.1) is 0 Å². The van der Waals surface area contributed by atoms with E-state index in [9.17, 15) is 14.4 Å². The number of carbonyl (C=O) groups is 3. The molecule has 0 aliphatic carbocycles. The minimum atomic E-state index is -1.20. The van der Waals surface area contributed by atoms with Crippen molar-refractivity contribution in [3.8, 4) is 0 Å². The molecular weight excluding hydrogens is 356 g/mol. The van der Waals surface area contributed by atoms with Gasteiger partial charge in [-0.05, 0) is 24.6 Å². The third kappa shape index (κ3) is 3.47. The number of urea groups is 1. The second-order valence-corrected chi connectivity index (χ2v) is 7.06. The van der Waals surface area contributed by atoms with Crippen molar-refractivity contribution in [3.05, 3.63) is 66.0 Å². The fourth-order valence-electron chi connectivity index (χ4n) is 3.38. The van der Waals surface area contributed by atoms with E-state index in [2.05, 4.69) is 4.98 Å². The zero-order valence-electron chi connectivity index (χ0n) is 16.3. The maximum Gasteiger partial charge on any atom is 0.328 e. The normalized spacial score (nSPS) is 19.2. The number of carbonyl (C=O) groups excluding carboxylic acids is 3. The Kier molecular flexibility index (Phi) is 5.44. The summed E-state index contributed by atoms with van der Waals surface area (Å²) in [5.74, 6) is -0.567. The van der Waals surface area contributed by atoms with Gasteiger partial charge in [-0.2, -0.15) is 0 Å². The molecule has 3 rings (SSSR count). The lowest BCUT2D eigenvalue weighted by Gasteiger charge is -2.32. The Morgan fingerprint density at radius 1 is 1.11 bits per heavy atom. The average Bonchev–Trinajstić information content (AvgIpc) is 2.89. The maximum absolute atomic E-state index is 12.8. The minimum absolute atomic E-state index is 0.168. The van der Waals surface area contributed by atoms with Gasteiger partial charge in [0.2, 0.25) is 5.91 Å². The Labute approximate surface area is 164 Å². The summed E-state index contributed by atoms with van der Waals surface area (Å²) in [6, 6.07) is 14.3. The molecular formula is C21H24N4O3. The molecule has 1 saturated heterocycles. The van der Waals surface area contributed by atoms with Crippen molar-refractivity contribution < 1.29 is 14.4 Å². The van der Waals surface area contributed by atoms with Crippen molar-refractivity contribution in [1.82, 2.24) is 19.7 Å². The zero-order chi connectivity index (χ0) is 20.3. The molecule has 7 nitrogen and oxygen atoms in total. The quantitative estimate of drug-likeness (QED) is 0.718. The SMILES string of the molecule is CN(CCc1ccccn1)C(=O)CN1C(=O)N(C)C(=O)[C@@]1(C)c1ccccc1. The van der Waals surface area contributed by atoms with Gasteiger partial charge < -0.3 is 4.90 Å². The van der Waals surface area contributed by atoms with Gasteiger partial charge in [0.1, 0.15) is 12.1 Å². The number of imide groups is 1. The molecule has 0 unspecified atom stereocenters. The lowest BCUT2D eigenvalue weighted by atomic mass is 9.90. The second kappa shape index (κ2) is 7.80. The Bertz CT molecular complexity index is 872. The topological polar surface area (TPSA) is 73.8 Å². The first-order chi connectivity index (χ1) is 13.4. The molecule has 1 aromatic carbocycles. The van der Waals surface area contributed by atoms with Crippen LogP contribution in [0.5, 0.6) is 0 Å². The average molecular weight is 380 g/mol. The Hall–Kier alpha value is -3.22. The third-order valence-electron chi connectivity index (χ3n) is 5.26. The molecule has 1 fully saturated rings. The van der Waals surface area contributed by atoms with Crippen LogP contribution in [0.25, 0.3) is 0 Å². The number of likely N-dealkylation sites (N-methyl/N-ethyl adjacent to an activating group) is 2. The number of aromatic nitrogens is 1. The lowest BCUT2D eigenvalue weighted by molar-refractivity contribution is -0.135. The molecule has 0 spiro atoms. The second-order valence-electron chi connectivity index (χ2n) is 7.06. The van der Waals surface area contributed by atoms with Crippen LogP contribution in [0.1, 0.15) is 18.2 Å². The summed E-state index contributed by atoms with van der Waals surface area (Å²) in [5.41, 5.74) is 0.370. The van der Waals surface area contributed by atoms with Gasteiger partial charge in [0.25, 0.3) is 5.91 Å². The van der Waals surface area contributed by atoms with Crippen LogP contribution in [0.15, 0.2) is 54.7 Å². The Morgan fingerprint density at radius 3 is 2.43 bits per heavy atom. The molecule has 4 amide bonds. The van der Waals surface area contributed by atoms with E-state index in [4.69, 9.17) is 0 Å². The highest BCUT2D eigenvalue weighted by Crippen LogP contribution is 2.36. The van der Waals surface area contributed by atoms with Gasteiger partial charge in [-0.25, -0.2) is 4.79 Å². The predicted octanol–water partition coefficient (Wildman–Crippen LogP) is 1.89. The van der Waals surface area contributed by atoms with Gasteiger partial charge in [0, 0.05) is 39.0 Å². The Balaban J connectivity index is 1.75. The summed E-state index contributed by atoms with van der Waals surface area (Å²) < 4.78 is 0. The molecule has 0 N–H and O–H groups in total. The number of nitrogens with zero attached hydrogens (tertiary/aromatic N) is 4. The molecule has 146 valence electrons. The highest BCUT2D eigenvalue weighted by Gasteiger charge is 2.54. The molecule has 7 heteroatoms. The highest BCUT2D eigenvalue weighted by molar-refractivity contribution is 6.08. The number of benzene rings is 1. The fourth-order valence-corrected chi connectivity index (χ4v) is 3.38. The summed E-state index contributed by atoms with van der Waals surface area (Å²) in [6.45, 7) is 2.00. The first kappa shape index (κ1) is 19.5. The number of hydrogen-bond acceptors (Lipinski definition) is 4. The van der Waals surface area contributed by atoms with Crippen LogP contribution in [0.2, 0.25) is 0 Å². The molecule has 0 saturated carbocycles.